The van der Waals surface area contributed by atoms with Crippen LogP contribution in [0.15, 0.2) is 60.8 Å². The van der Waals surface area contributed by atoms with Gasteiger partial charge in [-0.25, -0.2) is 4.98 Å². The monoisotopic (exact) mass is 765 g/mol. The zero-order chi connectivity index (χ0) is 28.4. The fraction of sp³-hybridized carbons (Fsp3) is 0.379. The second-order valence-electron chi connectivity index (χ2n) is 9.48. The number of nitrogens with one attached hydrogen (secondary N) is 1. The predicted octanol–water partition coefficient (Wildman–Crippen LogP) is 8.17. The number of nitrogens with zero attached hydrogens (tertiary/aromatic N) is 2. The lowest BCUT2D eigenvalue weighted by atomic mass is 9.95. The molecule has 210 valence electrons. The summed E-state index contributed by atoms with van der Waals surface area (Å²) in [6, 6.07) is 14.9. The molecule has 4 rings (SSSR count). The van der Waals surface area contributed by atoms with Crippen molar-refractivity contribution in [1.82, 2.24) is 9.88 Å². The molecule has 3 aromatic rings. The maximum absolute atomic E-state index is 13.2. The lowest BCUT2D eigenvalue weighted by Gasteiger charge is -2.24. The third-order valence-corrected chi connectivity index (χ3v) is 6.63. The first-order valence-electron chi connectivity index (χ1n) is 12.7. The summed E-state index contributed by atoms with van der Waals surface area (Å²) in [5.41, 5.74) is 3.24. The number of aromatic nitrogens is 1. The van der Waals surface area contributed by atoms with Crippen molar-refractivity contribution in [3.8, 4) is 5.75 Å². The van der Waals surface area contributed by atoms with E-state index in [4.69, 9.17) is 4.74 Å². The van der Waals surface area contributed by atoms with Gasteiger partial charge in [0.1, 0.15) is 11.6 Å². The zero-order valence-electron chi connectivity index (χ0n) is 21.9. The van der Waals surface area contributed by atoms with Crippen LogP contribution in [0.4, 0.5) is 19.0 Å². The number of benzene rings is 2. The van der Waals surface area contributed by atoms with E-state index in [-0.39, 0.29) is 18.4 Å². The van der Waals surface area contributed by atoms with Crippen LogP contribution in [0.25, 0.3) is 0 Å². The second kappa shape index (κ2) is 15.1. The third kappa shape index (κ3) is 9.22. The van der Waals surface area contributed by atoms with Crippen LogP contribution in [0.1, 0.15) is 47.6 Å². The largest absolute Gasteiger partial charge is 0.494 e. The molecule has 0 bridgehead atoms. The predicted molar refractivity (Wildman–Crippen MR) is 165 cm³/mol. The molecule has 2 heterocycles. The lowest BCUT2D eigenvalue weighted by molar-refractivity contribution is -0.138. The number of carbonyl (C=O) groups excluding carboxylic acids is 1. The topological polar surface area (TPSA) is 54.5 Å². The van der Waals surface area contributed by atoms with E-state index in [1.165, 1.54) is 12.1 Å². The minimum absolute atomic E-state index is 0.0249. The summed E-state index contributed by atoms with van der Waals surface area (Å²) >= 11 is 4.24. The molecule has 0 aliphatic carbocycles. The fourth-order valence-corrected chi connectivity index (χ4v) is 4.52. The highest BCUT2D eigenvalue weighted by Gasteiger charge is 2.31. The highest BCUT2D eigenvalue weighted by Crippen LogP contribution is 2.31. The molecule has 5 nitrogen and oxygen atoms in total. The Morgan fingerprint density at radius 1 is 1.08 bits per heavy atom. The van der Waals surface area contributed by atoms with Crippen LogP contribution in [-0.2, 0) is 30.5 Å². The van der Waals surface area contributed by atoms with Crippen molar-refractivity contribution in [3.05, 3.63) is 88.6 Å². The molecule has 39 heavy (non-hydrogen) atoms. The van der Waals surface area contributed by atoms with Crippen LogP contribution < -0.4 is 10.1 Å². The maximum Gasteiger partial charge on any atom is 0.416 e. The van der Waals surface area contributed by atoms with Crippen molar-refractivity contribution in [2.75, 3.05) is 18.5 Å². The number of alkyl halides is 3. The number of hydrogen-bond donors (Lipinski definition) is 1. The number of rotatable bonds is 9. The molecule has 1 amide bonds. The summed E-state index contributed by atoms with van der Waals surface area (Å²) in [5, 5.41) is 3.29. The van der Waals surface area contributed by atoms with Gasteiger partial charge in [0.15, 0.2) is 0 Å². The van der Waals surface area contributed by atoms with E-state index >= 15 is 0 Å². The number of halogens is 5. The Bertz CT molecular complexity index is 1220. The number of fused-ring (bicyclic) bond motifs is 1. The molecule has 0 saturated carbocycles. The van der Waals surface area contributed by atoms with E-state index in [1.54, 1.807) is 11.1 Å². The minimum atomic E-state index is -4.38. The number of pyridine rings is 1. The SMILES string of the molecule is CCC1Cc2ccc(OCCCNc3cc(C)ccn3)cc2CN(Cc2ccc(C(F)(F)F)cc2)C1=O.II. The first-order chi connectivity index (χ1) is 18.7. The van der Waals surface area contributed by atoms with Gasteiger partial charge in [-0.15, -0.1) is 0 Å². The molecule has 0 fully saturated rings. The van der Waals surface area contributed by atoms with Gasteiger partial charge in [-0.3, -0.25) is 4.79 Å². The van der Waals surface area contributed by atoms with E-state index in [9.17, 15) is 18.0 Å². The molecule has 1 aromatic heterocycles. The number of amides is 1. The molecule has 1 aliphatic heterocycles. The molecule has 0 saturated heterocycles. The number of aryl methyl sites for hydroxylation is 1. The lowest BCUT2D eigenvalue weighted by Crippen LogP contribution is -2.34. The quantitative estimate of drug-likeness (QED) is 0.177. The molecule has 10 heteroatoms. The van der Waals surface area contributed by atoms with Crippen molar-refractivity contribution in [2.24, 2.45) is 5.92 Å². The van der Waals surface area contributed by atoms with Gasteiger partial charge in [0.25, 0.3) is 0 Å². The van der Waals surface area contributed by atoms with E-state index in [2.05, 4.69) is 47.5 Å². The Morgan fingerprint density at radius 2 is 1.82 bits per heavy atom. The highest BCUT2D eigenvalue weighted by atomic mass is 128. The molecule has 1 unspecified atom stereocenters. The Kier molecular flexibility index (Phi) is 12.1. The maximum atomic E-state index is 13.2. The molecular weight excluding hydrogens is 733 g/mol. The molecule has 1 N–H and O–H groups in total. The Morgan fingerprint density at radius 3 is 2.49 bits per heavy atom. The van der Waals surface area contributed by atoms with Crippen LogP contribution in [0.2, 0.25) is 0 Å². The summed E-state index contributed by atoms with van der Waals surface area (Å²) < 4.78 is 44.8. The van der Waals surface area contributed by atoms with E-state index in [1.807, 2.05) is 44.2 Å². The molecular formula is C29H32F3I2N3O2. The first kappa shape index (κ1) is 31.4. The van der Waals surface area contributed by atoms with Gasteiger partial charge in [0.05, 0.1) is 12.2 Å². The van der Waals surface area contributed by atoms with E-state index in [0.29, 0.717) is 31.6 Å². The Hall–Kier alpha value is -2.09. The van der Waals surface area contributed by atoms with Gasteiger partial charge in [0, 0.05) is 69.0 Å². The van der Waals surface area contributed by atoms with Crippen LogP contribution in [0.5, 0.6) is 5.75 Å². The number of carbonyl (C=O) groups is 1. The normalized spacial score (nSPS) is 15.1. The minimum Gasteiger partial charge on any atom is -0.494 e. The van der Waals surface area contributed by atoms with Gasteiger partial charge in [-0.2, -0.15) is 13.2 Å². The summed E-state index contributed by atoms with van der Waals surface area (Å²) in [7, 11) is 0. The molecule has 2 aromatic carbocycles. The number of anilines is 1. The van der Waals surface area contributed by atoms with Gasteiger partial charge < -0.3 is 15.0 Å². The number of hydrogen-bond acceptors (Lipinski definition) is 4. The molecule has 1 atom stereocenters. The van der Waals surface area contributed by atoms with Crippen LogP contribution in [0.3, 0.4) is 0 Å². The molecule has 1 aliphatic rings. The average Bonchev–Trinajstić information content (AvgIpc) is 3.05. The summed E-state index contributed by atoms with van der Waals surface area (Å²) in [4.78, 5) is 19.3. The standard InChI is InChI=1S/C29H32F3N3O2.I2/c1-3-22-16-23-7-10-26(37-14-4-12-33-27-15-20(2)11-13-34-27)17-24(23)19-35(28(22)36)18-21-5-8-25(9-6-21)29(30,31)32;1-2/h5-11,13,15,17,22H,3-4,12,14,16,18-19H2,1-2H3,(H,33,34);. The van der Waals surface area contributed by atoms with Crippen molar-refractivity contribution in [1.29, 1.82) is 0 Å². The third-order valence-electron chi connectivity index (χ3n) is 6.63. The van der Waals surface area contributed by atoms with Crippen molar-refractivity contribution < 1.29 is 22.7 Å². The Balaban J connectivity index is 0.00000205. The summed E-state index contributed by atoms with van der Waals surface area (Å²) in [6.07, 6.45) is -0.473. The first-order valence-corrected chi connectivity index (χ1v) is 19.0. The van der Waals surface area contributed by atoms with E-state index < -0.39 is 11.7 Å². The van der Waals surface area contributed by atoms with Gasteiger partial charge in [-0.1, -0.05) is 25.1 Å². The van der Waals surface area contributed by atoms with Crippen molar-refractivity contribution in [2.45, 2.75) is 52.4 Å². The summed E-state index contributed by atoms with van der Waals surface area (Å²) in [5.74, 6) is 1.44. The number of ether oxygens (including phenoxy) is 1. The van der Waals surface area contributed by atoms with Gasteiger partial charge in [0.2, 0.25) is 5.91 Å². The smallest absolute Gasteiger partial charge is 0.416 e. The fourth-order valence-electron chi connectivity index (χ4n) is 4.52. The van der Waals surface area contributed by atoms with Crippen LogP contribution in [0, 0.1) is 12.8 Å². The van der Waals surface area contributed by atoms with Gasteiger partial charge >= 0.3 is 6.18 Å². The van der Waals surface area contributed by atoms with Crippen LogP contribution >= 0.6 is 37.2 Å². The second-order valence-corrected chi connectivity index (χ2v) is 9.48. The molecule has 0 radical (unpaired) electrons. The van der Waals surface area contributed by atoms with Crippen molar-refractivity contribution in [3.63, 3.8) is 0 Å². The zero-order valence-corrected chi connectivity index (χ0v) is 26.2. The van der Waals surface area contributed by atoms with Gasteiger partial charge in [-0.05, 0) is 84.8 Å². The van der Waals surface area contributed by atoms with Crippen molar-refractivity contribution >= 4 is 49.0 Å². The average molecular weight is 765 g/mol. The highest BCUT2D eigenvalue weighted by molar-refractivity contribution is 15.0. The molecule has 0 spiro atoms. The summed E-state index contributed by atoms with van der Waals surface area (Å²) in [6.45, 7) is 5.93. The Labute approximate surface area is 251 Å². The van der Waals surface area contributed by atoms with E-state index in [0.717, 1.165) is 53.4 Å². The van der Waals surface area contributed by atoms with Crippen LogP contribution in [-0.4, -0.2) is 28.9 Å².